The second-order valence-corrected chi connectivity index (χ2v) is 5.82. The summed E-state index contributed by atoms with van der Waals surface area (Å²) in [5.74, 6) is -0.929. The van der Waals surface area contributed by atoms with Crippen molar-refractivity contribution in [1.29, 1.82) is 0 Å². The number of hydrogen-bond donors (Lipinski definition) is 3. The van der Waals surface area contributed by atoms with Crippen molar-refractivity contribution in [3.05, 3.63) is 27.3 Å². The van der Waals surface area contributed by atoms with Crippen molar-refractivity contribution in [3.63, 3.8) is 0 Å². The Balaban J connectivity index is 2.71. The van der Waals surface area contributed by atoms with Gasteiger partial charge in [-0.05, 0) is 59.4 Å². The number of halogens is 2. The van der Waals surface area contributed by atoms with Crippen LogP contribution in [0.2, 0.25) is 0 Å². The predicted molar refractivity (Wildman–Crippen MR) is 90.4 cm³/mol. The van der Waals surface area contributed by atoms with Crippen LogP contribution in [0.3, 0.4) is 0 Å². The number of alkyl halides is 1. The molecule has 0 unspecified atom stereocenters. The number of rotatable bonds is 5. The van der Waals surface area contributed by atoms with Crippen LogP contribution in [-0.4, -0.2) is 28.0 Å². The van der Waals surface area contributed by atoms with Gasteiger partial charge in [0.25, 0.3) is 0 Å². The van der Waals surface area contributed by atoms with Gasteiger partial charge in [0.2, 0.25) is 5.91 Å². The molecule has 3 N–H and O–H groups in total. The Bertz CT molecular complexity index is 539. The fourth-order valence-electron chi connectivity index (χ4n) is 1.37. The molecule has 0 aromatic heterocycles. The number of carbonyl (C=O) groups is 2. The highest BCUT2D eigenvalue weighted by atomic mass is 127. The van der Waals surface area contributed by atoms with Gasteiger partial charge in [0.05, 0.1) is 11.3 Å². The summed E-state index contributed by atoms with van der Waals surface area (Å²) in [7, 11) is 0. The van der Waals surface area contributed by atoms with Gasteiger partial charge in [-0.25, -0.2) is 4.79 Å². The number of benzene rings is 1. The van der Waals surface area contributed by atoms with Crippen molar-refractivity contribution in [2.75, 3.05) is 11.2 Å². The topological polar surface area (TPSA) is 78.4 Å². The second kappa shape index (κ2) is 8.38. The van der Waals surface area contributed by atoms with Gasteiger partial charge in [0.15, 0.2) is 5.11 Å². The number of carboxylic acid groups (broad SMARTS) is 1. The van der Waals surface area contributed by atoms with Gasteiger partial charge >= 0.3 is 5.97 Å². The summed E-state index contributed by atoms with van der Waals surface area (Å²) in [5, 5.41) is 14.4. The molecule has 1 amide bonds. The van der Waals surface area contributed by atoms with Gasteiger partial charge in [-0.3, -0.25) is 4.79 Å². The molecule has 0 bridgehead atoms. The molecule has 1 aromatic carbocycles. The zero-order valence-electron chi connectivity index (χ0n) is 10.3. The van der Waals surface area contributed by atoms with Crippen LogP contribution < -0.4 is 10.6 Å². The molecule has 0 spiro atoms. The number of carbonyl (C=O) groups excluding carboxylic acids is 1. The molecular weight excluding hydrogens is 415 g/mol. The van der Waals surface area contributed by atoms with Crippen molar-refractivity contribution < 1.29 is 14.7 Å². The van der Waals surface area contributed by atoms with E-state index in [-0.39, 0.29) is 23.0 Å². The molecule has 8 heteroatoms. The van der Waals surface area contributed by atoms with Crippen molar-refractivity contribution in [3.8, 4) is 0 Å². The maximum absolute atomic E-state index is 11.5. The van der Waals surface area contributed by atoms with Gasteiger partial charge in [0, 0.05) is 15.9 Å². The van der Waals surface area contributed by atoms with Crippen LogP contribution in [0.1, 0.15) is 23.2 Å². The highest BCUT2D eigenvalue weighted by Gasteiger charge is 2.12. The minimum absolute atomic E-state index is 0.0632. The predicted octanol–water partition coefficient (Wildman–Crippen LogP) is 2.82. The van der Waals surface area contributed by atoms with Crippen LogP contribution in [0.4, 0.5) is 5.69 Å². The minimum Gasteiger partial charge on any atom is -0.478 e. The Kier molecular flexibility index (Phi) is 7.17. The summed E-state index contributed by atoms with van der Waals surface area (Å²) in [4.78, 5) is 22.6. The monoisotopic (exact) mass is 426 g/mol. The normalized spacial score (nSPS) is 9.90. The SMILES string of the molecule is O=C(CCCCl)NC(=S)Nc1ccc(I)cc1C(=O)O. The van der Waals surface area contributed by atoms with Crippen LogP contribution in [0.5, 0.6) is 0 Å². The molecule has 1 rings (SSSR count). The molecule has 0 saturated heterocycles. The Hall–Kier alpha value is -0.930. The molecule has 0 aliphatic heterocycles. The van der Waals surface area contributed by atoms with Crippen LogP contribution in [0.15, 0.2) is 18.2 Å². The molecule has 0 fully saturated rings. The first-order valence-corrected chi connectivity index (χ1v) is 7.66. The van der Waals surface area contributed by atoms with Crippen LogP contribution in [0.25, 0.3) is 0 Å². The molecule has 0 atom stereocenters. The van der Waals surface area contributed by atoms with E-state index in [9.17, 15) is 9.59 Å². The Morgan fingerprint density at radius 3 is 2.70 bits per heavy atom. The number of nitrogens with one attached hydrogen (secondary N) is 2. The molecule has 1 aromatic rings. The third kappa shape index (κ3) is 5.59. The van der Waals surface area contributed by atoms with E-state index >= 15 is 0 Å². The fraction of sp³-hybridized carbons (Fsp3) is 0.250. The molecule has 0 saturated carbocycles. The number of thiocarbonyl (C=S) groups is 1. The Labute approximate surface area is 140 Å². The van der Waals surface area contributed by atoms with E-state index in [0.29, 0.717) is 18.0 Å². The van der Waals surface area contributed by atoms with Crippen molar-refractivity contribution in [2.45, 2.75) is 12.8 Å². The Morgan fingerprint density at radius 2 is 2.10 bits per heavy atom. The number of anilines is 1. The van der Waals surface area contributed by atoms with Crippen molar-refractivity contribution in [1.82, 2.24) is 5.32 Å². The first-order valence-electron chi connectivity index (χ1n) is 5.63. The summed E-state index contributed by atoms with van der Waals surface area (Å²) in [5.41, 5.74) is 0.426. The lowest BCUT2D eigenvalue weighted by molar-refractivity contribution is -0.119. The van der Waals surface area contributed by atoms with Gasteiger partial charge in [-0.15, -0.1) is 11.6 Å². The van der Waals surface area contributed by atoms with Crippen LogP contribution in [0, 0.1) is 3.57 Å². The van der Waals surface area contributed by atoms with Crippen molar-refractivity contribution in [2.24, 2.45) is 0 Å². The molecule has 0 aliphatic rings. The van der Waals surface area contributed by atoms with E-state index in [1.165, 1.54) is 6.07 Å². The fourth-order valence-corrected chi connectivity index (χ4v) is 2.22. The number of aromatic carboxylic acids is 1. The molecule has 0 heterocycles. The standard InChI is InChI=1S/C12H12ClIN2O3S/c13-5-1-2-10(17)16-12(20)15-9-4-3-7(14)6-8(9)11(18)19/h3-4,6H,1-2,5H2,(H,18,19)(H2,15,16,17,20). The molecule has 0 radical (unpaired) electrons. The van der Waals surface area contributed by atoms with Crippen molar-refractivity contribution >= 4 is 69.1 Å². The highest BCUT2D eigenvalue weighted by molar-refractivity contribution is 14.1. The lowest BCUT2D eigenvalue weighted by Gasteiger charge is -2.11. The summed E-state index contributed by atoms with van der Waals surface area (Å²) >= 11 is 12.5. The maximum atomic E-state index is 11.5. The third-order valence-corrected chi connectivity index (χ3v) is 3.39. The summed E-state index contributed by atoms with van der Waals surface area (Å²) in [6, 6.07) is 4.86. The lowest BCUT2D eigenvalue weighted by atomic mass is 10.2. The zero-order valence-corrected chi connectivity index (χ0v) is 14.0. The van der Waals surface area contributed by atoms with E-state index in [0.717, 1.165) is 3.57 Å². The summed E-state index contributed by atoms with van der Waals surface area (Å²) < 4.78 is 0.794. The van der Waals surface area contributed by atoms with Gasteiger partial charge in [-0.2, -0.15) is 0 Å². The van der Waals surface area contributed by atoms with E-state index < -0.39 is 5.97 Å². The summed E-state index contributed by atoms with van der Waals surface area (Å²) in [6.07, 6.45) is 0.823. The van der Waals surface area contributed by atoms with E-state index in [4.69, 9.17) is 28.9 Å². The first-order chi connectivity index (χ1) is 9.43. The van der Waals surface area contributed by atoms with Gasteiger partial charge in [0.1, 0.15) is 0 Å². The van der Waals surface area contributed by atoms with Crippen LogP contribution >= 0.6 is 46.4 Å². The molecule has 5 nitrogen and oxygen atoms in total. The number of amides is 1. The summed E-state index contributed by atoms with van der Waals surface area (Å²) in [6.45, 7) is 0. The quantitative estimate of drug-likeness (QED) is 0.383. The number of hydrogen-bond acceptors (Lipinski definition) is 3. The molecule has 108 valence electrons. The van der Waals surface area contributed by atoms with E-state index in [2.05, 4.69) is 10.6 Å². The molecule has 0 aliphatic carbocycles. The lowest BCUT2D eigenvalue weighted by Crippen LogP contribution is -2.34. The highest BCUT2D eigenvalue weighted by Crippen LogP contribution is 2.18. The minimum atomic E-state index is -1.07. The van der Waals surface area contributed by atoms with Gasteiger partial charge in [-0.1, -0.05) is 0 Å². The average Bonchev–Trinajstić information content (AvgIpc) is 2.38. The number of carboxylic acids is 1. The average molecular weight is 427 g/mol. The smallest absolute Gasteiger partial charge is 0.337 e. The maximum Gasteiger partial charge on any atom is 0.337 e. The molecule has 20 heavy (non-hydrogen) atoms. The Morgan fingerprint density at radius 1 is 1.40 bits per heavy atom. The van der Waals surface area contributed by atoms with Crippen LogP contribution in [-0.2, 0) is 4.79 Å². The third-order valence-electron chi connectivity index (χ3n) is 2.25. The van der Waals surface area contributed by atoms with Gasteiger partial charge < -0.3 is 15.7 Å². The largest absolute Gasteiger partial charge is 0.478 e. The first kappa shape index (κ1) is 17.1. The van der Waals surface area contributed by atoms with E-state index in [1.54, 1.807) is 12.1 Å². The zero-order chi connectivity index (χ0) is 15.1. The molecular formula is C12H12ClIN2O3S. The second-order valence-electron chi connectivity index (χ2n) is 3.79. The van der Waals surface area contributed by atoms with E-state index in [1.807, 2.05) is 22.6 Å².